The van der Waals surface area contributed by atoms with Gasteiger partial charge in [-0.2, -0.15) is 13.2 Å². The second kappa shape index (κ2) is 11.6. The molecule has 0 amide bonds. The lowest BCUT2D eigenvalue weighted by Crippen LogP contribution is -2.57. The van der Waals surface area contributed by atoms with Crippen LogP contribution in [0.2, 0.25) is 0 Å². The lowest BCUT2D eigenvalue weighted by Gasteiger charge is -2.40. The highest BCUT2D eigenvalue weighted by molar-refractivity contribution is 14.0. The fourth-order valence-electron chi connectivity index (χ4n) is 3.77. The molecule has 0 bridgehead atoms. The fourth-order valence-corrected chi connectivity index (χ4v) is 3.77. The van der Waals surface area contributed by atoms with Crippen LogP contribution in [0.25, 0.3) is 0 Å². The number of hydrogen-bond donors (Lipinski definition) is 1. The van der Waals surface area contributed by atoms with Crippen LogP contribution in [0.3, 0.4) is 0 Å². The highest BCUT2D eigenvalue weighted by Crippen LogP contribution is 2.25. The Hall–Kier alpha value is -0.290. The molecule has 2 aliphatic rings. The molecule has 0 aliphatic carbocycles. The third-order valence-corrected chi connectivity index (χ3v) is 5.47. The Balaban J connectivity index is 0.00000364. The van der Waals surface area contributed by atoms with Gasteiger partial charge in [-0.1, -0.05) is 13.3 Å². The summed E-state index contributed by atoms with van der Waals surface area (Å²) in [6.07, 6.45) is -0.231. The summed E-state index contributed by atoms with van der Waals surface area (Å²) in [5, 5.41) is 3.41. The predicted molar refractivity (Wildman–Crippen MR) is 115 cm³/mol. The van der Waals surface area contributed by atoms with E-state index < -0.39 is 12.2 Å². The van der Waals surface area contributed by atoms with Crippen molar-refractivity contribution in [2.45, 2.75) is 45.3 Å². The lowest BCUT2D eigenvalue weighted by atomic mass is 10.1. The van der Waals surface area contributed by atoms with Gasteiger partial charge in [0.05, 0.1) is 0 Å². The average molecular weight is 505 g/mol. The number of rotatable bonds is 5. The number of piperazine rings is 1. The van der Waals surface area contributed by atoms with Crippen LogP contribution in [0.1, 0.15) is 33.1 Å². The maximum atomic E-state index is 12.9. The molecule has 1 N–H and O–H groups in total. The van der Waals surface area contributed by atoms with Gasteiger partial charge in [-0.3, -0.25) is 9.89 Å². The average Bonchev–Trinajstić information content (AvgIpc) is 2.62. The first kappa shape index (κ1) is 24.7. The van der Waals surface area contributed by atoms with E-state index in [0.29, 0.717) is 32.1 Å². The largest absolute Gasteiger partial charge is 0.403 e. The van der Waals surface area contributed by atoms with Gasteiger partial charge in [-0.05, 0) is 38.8 Å². The van der Waals surface area contributed by atoms with Crippen molar-refractivity contribution in [2.75, 3.05) is 59.4 Å². The molecular weight excluding hydrogens is 470 g/mol. The predicted octanol–water partition coefficient (Wildman–Crippen LogP) is 2.87. The minimum absolute atomic E-state index is 0. The number of nitrogens with one attached hydrogen (secondary N) is 1. The molecule has 2 fully saturated rings. The molecule has 160 valence electrons. The molecule has 2 heterocycles. The van der Waals surface area contributed by atoms with E-state index in [0.717, 1.165) is 19.0 Å². The third-order valence-electron chi connectivity index (χ3n) is 5.47. The fraction of sp³-hybridized carbons (Fsp3) is 0.944. The third kappa shape index (κ3) is 7.92. The Morgan fingerprint density at radius 3 is 2.11 bits per heavy atom. The van der Waals surface area contributed by atoms with Crippen LogP contribution in [0.4, 0.5) is 13.2 Å². The minimum atomic E-state index is -4.16. The topological polar surface area (TPSA) is 34.1 Å². The first-order chi connectivity index (χ1) is 12.3. The molecule has 27 heavy (non-hydrogen) atoms. The van der Waals surface area contributed by atoms with Crippen molar-refractivity contribution in [3.8, 4) is 0 Å². The van der Waals surface area contributed by atoms with Gasteiger partial charge in [0.1, 0.15) is 6.04 Å². The molecule has 0 aromatic rings. The molecule has 2 atom stereocenters. The van der Waals surface area contributed by atoms with E-state index in [1.807, 2.05) is 0 Å². The van der Waals surface area contributed by atoms with Gasteiger partial charge < -0.3 is 15.1 Å². The molecule has 0 aromatic heterocycles. The quantitative estimate of drug-likeness (QED) is 0.354. The van der Waals surface area contributed by atoms with E-state index >= 15 is 0 Å². The molecular formula is C18H35F3IN5. The number of aliphatic imine (C=N–C) groups is 1. The lowest BCUT2D eigenvalue weighted by molar-refractivity contribution is -0.181. The number of alkyl halides is 3. The number of halogens is 4. The zero-order valence-corrected chi connectivity index (χ0v) is 19.1. The highest BCUT2D eigenvalue weighted by Gasteiger charge is 2.41. The van der Waals surface area contributed by atoms with Crippen LogP contribution < -0.4 is 5.32 Å². The molecule has 0 saturated carbocycles. The Kier molecular flexibility index (Phi) is 10.7. The van der Waals surface area contributed by atoms with Gasteiger partial charge in [-0.15, -0.1) is 24.0 Å². The summed E-state index contributed by atoms with van der Waals surface area (Å²) in [5.41, 5.74) is 0. The van der Waals surface area contributed by atoms with Crippen LogP contribution in [0.15, 0.2) is 4.99 Å². The highest BCUT2D eigenvalue weighted by atomic mass is 127. The summed E-state index contributed by atoms with van der Waals surface area (Å²) in [5.74, 6) is 1.31. The molecule has 9 heteroatoms. The normalized spacial score (nSPS) is 22.9. The summed E-state index contributed by atoms with van der Waals surface area (Å²) in [6.45, 7) is 9.74. The molecule has 2 aliphatic heterocycles. The van der Waals surface area contributed by atoms with Crippen LogP contribution in [0.5, 0.6) is 0 Å². The second-order valence-electron chi connectivity index (χ2n) is 7.64. The minimum Gasteiger partial charge on any atom is -0.356 e. The number of nitrogens with zero attached hydrogens (tertiary/aromatic N) is 4. The summed E-state index contributed by atoms with van der Waals surface area (Å²) >= 11 is 0. The standard InChI is InChI=1S/C18H34F3N5.HI/c1-15(14-24-7-5-4-6-8-24)13-23-17(22-3)26-11-9-25(10-12-26)16(2)18(19,20)21;/h15-16H,4-14H2,1-3H3,(H,22,23);1H. The van der Waals surface area contributed by atoms with Gasteiger partial charge in [0.15, 0.2) is 5.96 Å². The summed E-state index contributed by atoms with van der Waals surface area (Å²) < 4.78 is 38.6. The van der Waals surface area contributed by atoms with Gasteiger partial charge >= 0.3 is 6.18 Å². The Morgan fingerprint density at radius 1 is 1.00 bits per heavy atom. The Labute approximate surface area is 178 Å². The summed E-state index contributed by atoms with van der Waals surface area (Å²) in [6, 6.07) is -1.39. The van der Waals surface area contributed by atoms with Crippen LogP contribution >= 0.6 is 24.0 Å². The van der Waals surface area contributed by atoms with Gasteiger partial charge in [0.25, 0.3) is 0 Å². The monoisotopic (exact) mass is 505 g/mol. The smallest absolute Gasteiger partial charge is 0.356 e. The number of piperidine rings is 1. The van der Waals surface area contributed by atoms with Crippen molar-refractivity contribution in [3.05, 3.63) is 0 Å². The zero-order chi connectivity index (χ0) is 19.2. The van der Waals surface area contributed by atoms with Gasteiger partial charge in [-0.25, -0.2) is 0 Å². The van der Waals surface area contributed by atoms with E-state index in [2.05, 4.69) is 27.0 Å². The summed E-state index contributed by atoms with van der Waals surface area (Å²) in [7, 11) is 1.74. The first-order valence-electron chi connectivity index (χ1n) is 9.80. The van der Waals surface area contributed by atoms with E-state index in [9.17, 15) is 13.2 Å². The van der Waals surface area contributed by atoms with Crippen molar-refractivity contribution in [3.63, 3.8) is 0 Å². The maximum Gasteiger partial charge on any atom is 0.403 e. The van der Waals surface area contributed by atoms with Gasteiger partial charge in [0, 0.05) is 46.3 Å². The maximum absolute atomic E-state index is 12.9. The van der Waals surface area contributed by atoms with Crippen molar-refractivity contribution in [1.29, 1.82) is 0 Å². The van der Waals surface area contributed by atoms with Crippen molar-refractivity contribution >= 4 is 29.9 Å². The molecule has 0 aromatic carbocycles. The number of likely N-dealkylation sites (tertiary alicyclic amines) is 1. The van der Waals surface area contributed by atoms with E-state index in [1.54, 1.807) is 7.05 Å². The second-order valence-corrected chi connectivity index (χ2v) is 7.64. The molecule has 0 radical (unpaired) electrons. The zero-order valence-electron chi connectivity index (χ0n) is 16.8. The van der Waals surface area contributed by atoms with Crippen LogP contribution in [-0.2, 0) is 0 Å². The summed E-state index contributed by atoms with van der Waals surface area (Å²) in [4.78, 5) is 10.4. The number of hydrogen-bond acceptors (Lipinski definition) is 3. The van der Waals surface area contributed by atoms with E-state index in [4.69, 9.17) is 0 Å². The Bertz CT molecular complexity index is 447. The van der Waals surface area contributed by atoms with E-state index in [-0.39, 0.29) is 24.0 Å². The molecule has 2 unspecified atom stereocenters. The number of guanidine groups is 1. The molecule has 5 nitrogen and oxygen atoms in total. The molecule has 0 spiro atoms. The van der Waals surface area contributed by atoms with Crippen molar-refractivity contribution in [1.82, 2.24) is 20.0 Å². The first-order valence-corrected chi connectivity index (χ1v) is 9.80. The molecule has 2 rings (SSSR count). The van der Waals surface area contributed by atoms with Crippen LogP contribution in [0, 0.1) is 5.92 Å². The SMILES string of the molecule is CN=C(NCC(C)CN1CCCCC1)N1CCN(C(C)C(F)(F)F)CC1.I. The Morgan fingerprint density at radius 2 is 1.59 bits per heavy atom. The van der Waals surface area contributed by atoms with Crippen molar-refractivity contribution < 1.29 is 13.2 Å². The van der Waals surface area contributed by atoms with Crippen LogP contribution in [-0.4, -0.2) is 92.3 Å². The van der Waals surface area contributed by atoms with E-state index in [1.165, 1.54) is 44.2 Å². The molecule has 2 saturated heterocycles. The van der Waals surface area contributed by atoms with Crippen molar-refractivity contribution in [2.24, 2.45) is 10.9 Å². The van der Waals surface area contributed by atoms with Gasteiger partial charge in [0.2, 0.25) is 0 Å².